The van der Waals surface area contributed by atoms with Crippen LogP contribution < -0.4 is 11.1 Å². The van der Waals surface area contributed by atoms with E-state index in [4.69, 9.17) is 17.3 Å². The topological polar surface area (TPSA) is 68.0 Å². The second-order valence-electron chi connectivity index (χ2n) is 3.68. The molecular formula is C13H12ClN3O. The summed E-state index contributed by atoms with van der Waals surface area (Å²) in [6.07, 6.45) is 0. The van der Waals surface area contributed by atoms with Gasteiger partial charge in [0.05, 0.1) is 5.69 Å². The monoisotopic (exact) mass is 261 g/mol. The van der Waals surface area contributed by atoms with Gasteiger partial charge in [0.1, 0.15) is 5.82 Å². The van der Waals surface area contributed by atoms with Crippen molar-refractivity contribution in [2.75, 3.05) is 5.32 Å². The molecule has 0 spiro atoms. The van der Waals surface area contributed by atoms with Crippen LogP contribution in [0.4, 0.5) is 5.82 Å². The first kappa shape index (κ1) is 12.5. The molecule has 0 aliphatic heterocycles. The Morgan fingerprint density at radius 3 is 2.78 bits per heavy atom. The van der Waals surface area contributed by atoms with E-state index in [2.05, 4.69) is 10.3 Å². The minimum atomic E-state index is -0.251. The van der Waals surface area contributed by atoms with Gasteiger partial charge in [-0.1, -0.05) is 23.7 Å². The lowest BCUT2D eigenvalue weighted by Gasteiger charge is -2.06. The summed E-state index contributed by atoms with van der Waals surface area (Å²) in [5.74, 6) is 0.224. The summed E-state index contributed by atoms with van der Waals surface area (Å²) in [7, 11) is 0. The number of nitrogens with zero attached hydrogens (tertiary/aromatic N) is 1. The van der Waals surface area contributed by atoms with E-state index in [1.165, 1.54) is 0 Å². The van der Waals surface area contributed by atoms with E-state index in [9.17, 15) is 4.79 Å². The van der Waals surface area contributed by atoms with Gasteiger partial charge in [-0.25, -0.2) is 4.98 Å². The van der Waals surface area contributed by atoms with Gasteiger partial charge in [-0.15, -0.1) is 0 Å². The molecule has 4 nitrogen and oxygen atoms in total. The second kappa shape index (κ2) is 5.62. The first-order valence-electron chi connectivity index (χ1n) is 5.42. The highest BCUT2D eigenvalue weighted by Gasteiger charge is 2.07. The fraction of sp³-hybridized carbons (Fsp3) is 0.0769. The number of nitrogens with two attached hydrogens (primary N) is 1. The van der Waals surface area contributed by atoms with Crippen molar-refractivity contribution < 1.29 is 4.79 Å². The molecule has 92 valence electrons. The summed E-state index contributed by atoms with van der Waals surface area (Å²) in [5, 5.41) is 3.22. The van der Waals surface area contributed by atoms with Crippen molar-refractivity contribution in [1.29, 1.82) is 0 Å². The summed E-state index contributed by atoms with van der Waals surface area (Å²) >= 11 is 5.83. The van der Waals surface area contributed by atoms with Crippen LogP contribution in [0, 0.1) is 0 Å². The van der Waals surface area contributed by atoms with Crippen LogP contribution >= 0.6 is 11.6 Å². The van der Waals surface area contributed by atoms with Crippen molar-refractivity contribution in [1.82, 2.24) is 4.98 Å². The molecule has 1 amide bonds. The first-order chi connectivity index (χ1) is 8.69. The summed E-state index contributed by atoms with van der Waals surface area (Å²) in [4.78, 5) is 16.1. The third kappa shape index (κ3) is 3.06. The van der Waals surface area contributed by atoms with E-state index in [0.29, 0.717) is 22.9 Å². The van der Waals surface area contributed by atoms with Crippen LogP contribution in [0.2, 0.25) is 5.02 Å². The Bertz CT molecular complexity index is 572. The number of amides is 1. The average Bonchev–Trinajstić information content (AvgIpc) is 2.39. The lowest BCUT2D eigenvalue weighted by atomic mass is 10.2. The number of benzene rings is 1. The van der Waals surface area contributed by atoms with Crippen LogP contribution in [0.5, 0.6) is 0 Å². The number of anilines is 1. The molecule has 0 aliphatic carbocycles. The Morgan fingerprint density at radius 2 is 2.06 bits per heavy atom. The average molecular weight is 262 g/mol. The molecule has 3 N–H and O–H groups in total. The first-order valence-corrected chi connectivity index (χ1v) is 5.80. The van der Waals surface area contributed by atoms with E-state index >= 15 is 0 Å². The fourth-order valence-corrected chi connectivity index (χ4v) is 1.67. The largest absolute Gasteiger partial charge is 0.325 e. The highest BCUT2D eigenvalue weighted by molar-refractivity contribution is 6.31. The van der Waals surface area contributed by atoms with Gasteiger partial charge >= 0.3 is 0 Å². The number of halogens is 1. The molecular weight excluding hydrogens is 250 g/mol. The van der Waals surface area contributed by atoms with Crippen LogP contribution in [0.15, 0.2) is 42.5 Å². The van der Waals surface area contributed by atoms with E-state index < -0.39 is 0 Å². The second-order valence-corrected chi connectivity index (χ2v) is 4.12. The van der Waals surface area contributed by atoms with Gasteiger partial charge in [0, 0.05) is 17.1 Å². The molecule has 5 heteroatoms. The Labute approximate surface area is 110 Å². The molecule has 18 heavy (non-hydrogen) atoms. The molecule has 0 fully saturated rings. The van der Waals surface area contributed by atoms with Gasteiger partial charge in [-0.05, 0) is 30.3 Å². The van der Waals surface area contributed by atoms with Crippen LogP contribution in [-0.4, -0.2) is 10.9 Å². The number of aromatic nitrogens is 1. The van der Waals surface area contributed by atoms with Gasteiger partial charge in [0.2, 0.25) is 0 Å². The molecule has 1 aromatic heterocycles. The highest BCUT2D eigenvalue weighted by atomic mass is 35.5. The summed E-state index contributed by atoms with van der Waals surface area (Å²) in [6, 6.07) is 12.0. The lowest BCUT2D eigenvalue weighted by Crippen LogP contribution is -2.13. The maximum Gasteiger partial charge on any atom is 0.256 e. The smallest absolute Gasteiger partial charge is 0.256 e. The van der Waals surface area contributed by atoms with Gasteiger partial charge in [-0.3, -0.25) is 4.79 Å². The SMILES string of the molecule is NCc1cccc(NC(=O)c2cccc(Cl)c2)n1. The van der Waals surface area contributed by atoms with Gasteiger partial charge in [0.25, 0.3) is 5.91 Å². The van der Waals surface area contributed by atoms with Crippen LogP contribution in [0.25, 0.3) is 0 Å². The zero-order valence-electron chi connectivity index (χ0n) is 9.56. The molecule has 1 heterocycles. The molecule has 2 rings (SSSR count). The Morgan fingerprint density at radius 1 is 1.28 bits per heavy atom. The summed E-state index contributed by atoms with van der Waals surface area (Å²) in [5.41, 5.74) is 6.70. The molecule has 2 aromatic rings. The lowest BCUT2D eigenvalue weighted by molar-refractivity contribution is 0.102. The number of hydrogen-bond acceptors (Lipinski definition) is 3. The number of pyridine rings is 1. The number of hydrogen-bond donors (Lipinski definition) is 2. The van der Waals surface area contributed by atoms with Crippen molar-refractivity contribution in [3.8, 4) is 0 Å². The van der Waals surface area contributed by atoms with Crippen molar-refractivity contribution in [2.24, 2.45) is 5.73 Å². The minimum Gasteiger partial charge on any atom is -0.325 e. The minimum absolute atomic E-state index is 0.251. The molecule has 0 radical (unpaired) electrons. The van der Waals surface area contributed by atoms with Crippen molar-refractivity contribution in [2.45, 2.75) is 6.54 Å². The quantitative estimate of drug-likeness (QED) is 0.892. The predicted molar refractivity (Wildman–Crippen MR) is 71.5 cm³/mol. The number of carbonyl (C=O) groups is 1. The van der Waals surface area contributed by atoms with Crippen molar-refractivity contribution in [3.63, 3.8) is 0 Å². The van der Waals surface area contributed by atoms with E-state index in [0.717, 1.165) is 5.69 Å². The molecule has 0 saturated carbocycles. The van der Waals surface area contributed by atoms with Crippen molar-refractivity contribution >= 4 is 23.3 Å². The van der Waals surface area contributed by atoms with Crippen LogP contribution in [-0.2, 0) is 6.54 Å². The molecule has 0 unspecified atom stereocenters. The third-order valence-corrected chi connectivity index (χ3v) is 2.58. The Kier molecular flexibility index (Phi) is 3.92. The van der Waals surface area contributed by atoms with E-state index in [1.807, 2.05) is 0 Å². The molecule has 1 aromatic carbocycles. The van der Waals surface area contributed by atoms with E-state index in [1.54, 1.807) is 42.5 Å². The maximum absolute atomic E-state index is 11.9. The molecule has 0 bridgehead atoms. The van der Waals surface area contributed by atoms with Gasteiger partial charge in [0.15, 0.2) is 0 Å². The number of rotatable bonds is 3. The molecule has 0 atom stereocenters. The number of nitrogens with one attached hydrogen (secondary N) is 1. The number of carbonyl (C=O) groups excluding carboxylic acids is 1. The predicted octanol–water partition coefficient (Wildman–Crippen LogP) is 2.45. The Balaban J connectivity index is 2.16. The highest BCUT2D eigenvalue weighted by Crippen LogP contribution is 2.12. The Hall–Kier alpha value is -1.91. The fourth-order valence-electron chi connectivity index (χ4n) is 1.48. The van der Waals surface area contributed by atoms with E-state index in [-0.39, 0.29) is 5.91 Å². The zero-order valence-corrected chi connectivity index (χ0v) is 10.3. The van der Waals surface area contributed by atoms with Gasteiger partial charge in [-0.2, -0.15) is 0 Å². The zero-order chi connectivity index (χ0) is 13.0. The normalized spacial score (nSPS) is 10.1. The summed E-state index contributed by atoms with van der Waals surface area (Å²) < 4.78 is 0. The van der Waals surface area contributed by atoms with Crippen molar-refractivity contribution in [3.05, 3.63) is 58.7 Å². The molecule has 0 saturated heterocycles. The maximum atomic E-state index is 11.9. The van der Waals surface area contributed by atoms with Gasteiger partial charge < -0.3 is 11.1 Å². The van der Waals surface area contributed by atoms with Crippen LogP contribution in [0.3, 0.4) is 0 Å². The van der Waals surface area contributed by atoms with Crippen LogP contribution in [0.1, 0.15) is 16.1 Å². The standard InChI is InChI=1S/C13H12ClN3O/c14-10-4-1-3-9(7-10)13(18)17-12-6-2-5-11(8-15)16-12/h1-7H,8,15H2,(H,16,17,18). The third-order valence-electron chi connectivity index (χ3n) is 2.34. The molecule has 0 aliphatic rings. The summed E-state index contributed by atoms with van der Waals surface area (Å²) in [6.45, 7) is 0.334.